The first kappa shape index (κ1) is 12.5. The Morgan fingerprint density at radius 1 is 1.18 bits per heavy atom. The first-order valence-electron chi connectivity index (χ1n) is 6.18. The molecule has 0 radical (unpaired) electrons. The lowest BCUT2D eigenvalue weighted by molar-refractivity contribution is 0.0928. The number of amides is 1. The van der Waals surface area contributed by atoms with E-state index < -0.39 is 0 Å². The number of carbonyl (C=O) groups is 1. The van der Waals surface area contributed by atoms with Gasteiger partial charge in [0.15, 0.2) is 0 Å². The average Bonchev–Trinajstić information content (AvgIpc) is 2.40. The van der Waals surface area contributed by atoms with Crippen LogP contribution in [0.4, 0.5) is 0 Å². The molecular weight excluding hydrogens is 230 g/mol. The van der Waals surface area contributed by atoms with Gasteiger partial charge in [-0.25, -0.2) is 0 Å². The summed E-state index contributed by atoms with van der Waals surface area (Å²) in [6, 6.07) is 9.83. The Bertz CT molecular complexity index is 358. The molecule has 1 aromatic rings. The Hall–Kier alpha value is -0.960. The first-order valence-corrected chi connectivity index (χ1v) is 7.47. The molecule has 0 unspecified atom stereocenters. The van der Waals surface area contributed by atoms with E-state index in [0.29, 0.717) is 6.04 Å². The topological polar surface area (TPSA) is 29.1 Å². The summed E-state index contributed by atoms with van der Waals surface area (Å²) in [5.41, 5.74) is 0.763. The van der Waals surface area contributed by atoms with Crippen molar-refractivity contribution in [2.45, 2.75) is 37.0 Å². The zero-order chi connectivity index (χ0) is 12.1. The van der Waals surface area contributed by atoms with Gasteiger partial charge in [-0.1, -0.05) is 18.2 Å². The van der Waals surface area contributed by atoms with Gasteiger partial charge in [0.1, 0.15) is 0 Å². The van der Waals surface area contributed by atoms with Crippen LogP contribution in [-0.2, 0) is 0 Å². The molecule has 0 bridgehead atoms. The molecule has 0 saturated heterocycles. The van der Waals surface area contributed by atoms with E-state index in [4.69, 9.17) is 0 Å². The van der Waals surface area contributed by atoms with Crippen LogP contribution in [0.2, 0.25) is 0 Å². The van der Waals surface area contributed by atoms with Crippen LogP contribution >= 0.6 is 11.8 Å². The number of rotatable bonds is 3. The van der Waals surface area contributed by atoms with Crippen molar-refractivity contribution in [3.63, 3.8) is 0 Å². The number of hydrogen-bond donors (Lipinski definition) is 1. The van der Waals surface area contributed by atoms with Crippen LogP contribution < -0.4 is 5.32 Å². The Labute approximate surface area is 107 Å². The third-order valence-electron chi connectivity index (χ3n) is 3.38. The molecular formula is C14H19NOS. The summed E-state index contributed by atoms with van der Waals surface area (Å²) in [4.78, 5) is 11.9. The van der Waals surface area contributed by atoms with Crippen molar-refractivity contribution in [1.29, 1.82) is 0 Å². The molecule has 3 heteroatoms. The summed E-state index contributed by atoms with van der Waals surface area (Å²) in [5.74, 6) is 0.0678. The highest BCUT2D eigenvalue weighted by Gasteiger charge is 2.21. The van der Waals surface area contributed by atoms with Crippen molar-refractivity contribution >= 4 is 17.7 Å². The summed E-state index contributed by atoms with van der Waals surface area (Å²) in [5, 5.41) is 3.92. The lowest BCUT2D eigenvalue weighted by Crippen LogP contribution is -2.38. The second-order valence-electron chi connectivity index (χ2n) is 4.55. The second kappa shape index (κ2) is 6.10. The van der Waals surface area contributed by atoms with E-state index in [0.717, 1.165) is 23.7 Å². The molecule has 2 rings (SSSR count). The third kappa shape index (κ3) is 3.50. The lowest BCUT2D eigenvalue weighted by atomic mass is 9.94. The van der Waals surface area contributed by atoms with Gasteiger partial charge in [-0.2, -0.15) is 11.8 Å². The van der Waals surface area contributed by atoms with E-state index in [-0.39, 0.29) is 5.91 Å². The van der Waals surface area contributed by atoms with Gasteiger partial charge in [0, 0.05) is 16.9 Å². The van der Waals surface area contributed by atoms with Crippen molar-refractivity contribution < 1.29 is 4.79 Å². The van der Waals surface area contributed by atoms with E-state index in [2.05, 4.69) is 11.6 Å². The van der Waals surface area contributed by atoms with Gasteiger partial charge in [0.05, 0.1) is 0 Å². The number of hydrogen-bond acceptors (Lipinski definition) is 2. The van der Waals surface area contributed by atoms with E-state index in [1.807, 2.05) is 42.1 Å². The quantitative estimate of drug-likeness (QED) is 0.892. The molecule has 1 fully saturated rings. The smallest absolute Gasteiger partial charge is 0.251 e. The van der Waals surface area contributed by atoms with Gasteiger partial charge in [-0.15, -0.1) is 0 Å². The predicted molar refractivity (Wildman–Crippen MR) is 73.5 cm³/mol. The highest BCUT2D eigenvalue weighted by Crippen LogP contribution is 2.26. The van der Waals surface area contributed by atoms with Gasteiger partial charge in [0.25, 0.3) is 5.91 Å². The van der Waals surface area contributed by atoms with Crippen LogP contribution in [0.5, 0.6) is 0 Å². The molecule has 1 saturated carbocycles. The van der Waals surface area contributed by atoms with Gasteiger partial charge < -0.3 is 5.32 Å². The predicted octanol–water partition coefficient (Wildman–Crippen LogP) is 3.09. The van der Waals surface area contributed by atoms with Crippen LogP contribution in [0.1, 0.15) is 36.0 Å². The first-order chi connectivity index (χ1) is 8.29. The van der Waals surface area contributed by atoms with Gasteiger partial charge >= 0.3 is 0 Å². The normalized spacial score (nSPS) is 24.3. The van der Waals surface area contributed by atoms with Gasteiger partial charge in [-0.05, 0) is 44.1 Å². The van der Waals surface area contributed by atoms with Crippen molar-refractivity contribution in [3.8, 4) is 0 Å². The molecule has 0 heterocycles. The number of benzene rings is 1. The number of thioether (sulfide) groups is 1. The highest BCUT2D eigenvalue weighted by atomic mass is 32.2. The fraction of sp³-hybridized carbons (Fsp3) is 0.500. The Kier molecular flexibility index (Phi) is 4.49. The monoisotopic (exact) mass is 249 g/mol. The largest absolute Gasteiger partial charge is 0.349 e. The second-order valence-corrected chi connectivity index (χ2v) is 5.69. The zero-order valence-electron chi connectivity index (χ0n) is 10.2. The summed E-state index contributed by atoms with van der Waals surface area (Å²) in [7, 11) is 0. The van der Waals surface area contributed by atoms with Crippen LogP contribution in [0, 0.1) is 0 Å². The molecule has 0 aliphatic heterocycles. The molecule has 92 valence electrons. The highest BCUT2D eigenvalue weighted by molar-refractivity contribution is 7.99. The van der Waals surface area contributed by atoms with Crippen LogP contribution in [0.15, 0.2) is 30.3 Å². The third-order valence-corrected chi connectivity index (χ3v) is 4.52. The maximum Gasteiger partial charge on any atom is 0.251 e. The zero-order valence-corrected chi connectivity index (χ0v) is 11.0. The Balaban J connectivity index is 1.84. The van der Waals surface area contributed by atoms with E-state index in [1.54, 1.807) is 0 Å². The fourth-order valence-corrected chi connectivity index (χ4v) is 3.04. The Morgan fingerprint density at radius 2 is 1.82 bits per heavy atom. The van der Waals surface area contributed by atoms with E-state index >= 15 is 0 Å². The Morgan fingerprint density at radius 3 is 2.41 bits per heavy atom. The van der Waals surface area contributed by atoms with Crippen molar-refractivity contribution in [3.05, 3.63) is 35.9 Å². The molecule has 1 aliphatic rings. The molecule has 0 spiro atoms. The van der Waals surface area contributed by atoms with Crippen molar-refractivity contribution in [2.24, 2.45) is 0 Å². The van der Waals surface area contributed by atoms with Crippen LogP contribution in [0.25, 0.3) is 0 Å². The molecule has 1 N–H and O–H groups in total. The maximum atomic E-state index is 11.9. The summed E-state index contributed by atoms with van der Waals surface area (Å²) >= 11 is 1.95. The fourth-order valence-electron chi connectivity index (χ4n) is 2.30. The minimum Gasteiger partial charge on any atom is -0.349 e. The summed E-state index contributed by atoms with van der Waals surface area (Å²) < 4.78 is 0. The molecule has 2 nitrogen and oxygen atoms in total. The lowest BCUT2D eigenvalue weighted by Gasteiger charge is -2.28. The number of nitrogens with one attached hydrogen (secondary N) is 1. The van der Waals surface area contributed by atoms with Gasteiger partial charge in [-0.3, -0.25) is 4.79 Å². The molecule has 17 heavy (non-hydrogen) atoms. The van der Waals surface area contributed by atoms with Crippen molar-refractivity contribution in [2.75, 3.05) is 6.26 Å². The van der Waals surface area contributed by atoms with Crippen molar-refractivity contribution in [1.82, 2.24) is 5.32 Å². The average molecular weight is 249 g/mol. The minimum absolute atomic E-state index is 0.0678. The summed E-state index contributed by atoms with van der Waals surface area (Å²) in [6.07, 6.45) is 6.85. The number of carbonyl (C=O) groups excluding carboxylic acids is 1. The molecule has 1 aliphatic carbocycles. The van der Waals surface area contributed by atoms with Gasteiger partial charge in [0.2, 0.25) is 0 Å². The van der Waals surface area contributed by atoms with E-state index in [9.17, 15) is 4.79 Å². The summed E-state index contributed by atoms with van der Waals surface area (Å²) in [6.45, 7) is 0. The van der Waals surface area contributed by atoms with Crippen LogP contribution in [-0.4, -0.2) is 23.5 Å². The standard InChI is InChI=1S/C14H19NOS/c1-17-13-9-7-12(8-10-13)15-14(16)11-5-3-2-4-6-11/h2-6,12-13H,7-10H2,1H3,(H,15,16). The molecule has 1 aromatic carbocycles. The molecule has 0 aromatic heterocycles. The SMILES string of the molecule is CSC1CCC(NC(=O)c2ccccc2)CC1. The maximum absolute atomic E-state index is 11.9. The van der Waals surface area contributed by atoms with Crippen LogP contribution in [0.3, 0.4) is 0 Å². The van der Waals surface area contributed by atoms with E-state index in [1.165, 1.54) is 12.8 Å². The minimum atomic E-state index is 0.0678. The molecule has 0 atom stereocenters. The molecule has 1 amide bonds.